The van der Waals surface area contributed by atoms with E-state index >= 15 is 0 Å². The molecule has 7 nitrogen and oxygen atoms in total. The minimum absolute atomic E-state index is 0.228. The van der Waals surface area contributed by atoms with Crippen LogP contribution in [0.4, 0.5) is 11.4 Å². The summed E-state index contributed by atoms with van der Waals surface area (Å²) in [5.74, 6) is 0.259. The fourth-order valence-corrected chi connectivity index (χ4v) is 3.76. The van der Waals surface area contributed by atoms with Gasteiger partial charge in [-0.15, -0.1) is 0 Å². The summed E-state index contributed by atoms with van der Waals surface area (Å²) >= 11 is 0. The number of fused-ring (bicyclic) bond motifs is 1. The van der Waals surface area contributed by atoms with Crippen molar-refractivity contribution in [1.82, 2.24) is 0 Å². The number of hydrogen-bond acceptors (Lipinski definition) is 5. The average Bonchev–Trinajstić information content (AvgIpc) is 3.20. The first-order valence-corrected chi connectivity index (χ1v) is 10.9. The van der Waals surface area contributed by atoms with E-state index < -0.39 is 5.91 Å². The van der Waals surface area contributed by atoms with E-state index in [2.05, 4.69) is 17.6 Å². The first-order valence-electron chi connectivity index (χ1n) is 10.9. The van der Waals surface area contributed by atoms with Gasteiger partial charge in [-0.1, -0.05) is 31.2 Å². The summed E-state index contributed by atoms with van der Waals surface area (Å²) in [6, 6.07) is 18.0. The number of ether oxygens (including phenoxy) is 2. The maximum atomic E-state index is 13.1. The quantitative estimate of drug-likeness (QED) is 0.364. The standard InChI is InChI=1S/C27H26N2O5/c1-5-17-11-12-22-19(13-17)16(2)25(34-22)27(31)29-21-15-23(32-3)20(14-24(21)33-4)28-26(30)18-9-7-6-8-10-18/h6-15H,5H2,1-4H3,(H,28,30)(H,29,31). The topological polar surface area (TPSA) is 89.8 Å². The van der Waals surface area contributed by atoms with E-state index in [-0.39, 0.29) is 11.7 Å². The lowest BCUT2D eigenvalue weighted by molar-refractivity contribution is 0.0995. The van der Waals surface area contributed by atoms with Gasteiger partial charge in [0.1, 0.15) is 17.1 Å². The second kappa shape index (κ2) is 9.70. The van der Waals surface area contributed by atoms with Gasteiger partial charge in [-0.25, -0.2) is 0 Å². The summed E-state index contributed by atoms with van der Waals surface area (Å²) in [5, 5.41) is 6.58. The van der Waals surface area contributed by atoms with Crippen LogP contribution in [0.15, 0.2) is 65.1 Å². The summed E-state index contributed by atoms with van der Waals surface area (Å²) < 4.78 is 16.8. The van der Waals surface area contributed by atoms with Gasteiger partial charge in [0, 0.05) is 28.6 Å². The van der Waals surface area contributed by atoms with Crippen molar-refractivity contribution < 1.29 is 23.5 Å². The second-order valence-electron chi connectivity index (χ2n) is 7.77. The van der Waals surface area contributed by atoms with Crippen molar-refractivity contribution in [3.63, 3.8) is 0 Å². The van der Waals surface area contributed by atoms with E-state index in [0.29, 0.717) is 34.0 Å². The lowest BCUT2D eigenvalue weighted by Gasteiger charge is -2.16. The number of amides is 2. The number of furan rings is 1. The number of benzene rings is 3. The van der Waals surface area contributed by atoms with Crippen LogP contribution < -0.4 is 20.1 Å². The molecule has 1 heterocycles. The number of nitrogens with one attached hydrogen (secondary N) is 2. The lowest BCUT2D eigenvalue weighted by Crippen LogP contribution is -2.15. The van der Waals surface area contributed by atoms with Crippen molar-refractivity contribution in [2.75, 3.05) is 24.9 Å². The average molecular weight is 459 g/mol. The Morgan fingerprint density at radius 1 is 0.853 bits per heavy atom. The SMILES string of the molecule is CCc1ccc2oc(C(=O)Nc3cc(OC)c(NC(=O)c4ccccc4)cc3OC)c(C)c2c1. The zero-order valence-corrected chi connectivity index (χ0v) is 19.5. The molecule has 0 fully saturated rings. The maximum Gasteiger partial charge on any atom is 0.291 e. The highest BCUT2D eigenvalue weighted by atomic mass is 16.5. The van der Waals surface area contributed by atoms with Crippen LogP contribution in [-0.2, 0) is 6.42 Å². The van der Waals surface area contributed by atoms with Gasteiger partial charge in [0.15, 0.2) is 5.76 Å². The Morgan fingerprint density at radius 2 is 1.47 bits per heavy atom. The third-order valence-electron chi connectivity index (χ3n) is 5.67. The van der Waals surface area contributed by atoms with Crippen LogP contribution in [0.2, 0.25) is 0 Å². The van der Waals surface area contributed by atoms with Crippen LogP contribution in [0.5, 0.6) is 11.5 Å². The van der Waals surface area contributed by atoms with Crippen molar-refractivity contribution in [3.05, 3.63) is 83.1 Å². The smallest absolute Gasteiger partial charge is 0.291 e. The van der Waals surface area contributed by atoms with Gasteiger partial charge in [0.05, 0.1) is 25.6 Å². The largest absolute Gasteiger partial charge is 0.494 e. The Kier molecular flexibility index (Phi) is 6.54. The minimum atomic E-state index is -0.409. The summed E-state index contributed by atoms with van der Waals surface area (Å²) in [6.07, 6.45) is 0.895. The van der Waals surface area contributed by atoms with E-state index in [9.17, 15) is 9.59 Å². The first-order chi connectivity index (χ1) is 16.4. The monoisotopic (exact) mass is 458 g/mol. The second-order valence-corrected chi connectivity index (χ2v) is 7.77. The molecule has 0 aliphatic rings. The van der Waals surface area contributed by atoms with E-state index in [1.165, 1.54) is 19.8 Å². The molecule has 0 saturated carbocycles. The Bertz CT molecular complexity index is 1360. The number of carbonyl (C=O) groups excluding carboxylic acids is 2. The van der Waals surface area contributed by atoms with E-state index in [1.54, 1.807) is 36.4 Å². The molecule has 174 valence electrons. The fraction of sp³-hybridized carbons (Fsp3) is 0.185. The van der Waals surface area contributed by atoms with Gasteiger partial charge in [-0.3, -0.25) is 9.59 Å². The number of carbonyl (C=O) groups is 2. The van der Waals surface area contributed by atoms with E-state index in [0.717, 1.165) is 17.4 Å². The van der Waals surface area contributed by atoms with Crippen molar-refractivity contribution in [1.29, 1.82) is 0 Å². The predicted octanol–water partition coefficient (Wildman–Crippen LogP) is 5.83. The Labute approximate surface area is 197 Å². The number of hydrogen-bond donors (Lipinski definition) is 2. The minimum Gasteiger partial charge on any atom is -0.494 e. The van der Waals surface area contributed by atoms with Crippen LogP contribution in [0.25, 0.3) is 11.0 Å². The molecular weight excluding hydrogens is 432 g/mol. The maximum absolute atomic E-state index is 13.1. The molecule has 0 bridgehead atoms. The summed E-state index contributed by atoms with van der Waals surface area (Å²) in [7, 11) is 2.97. The normalized spacial score (nSPS) is 10.7. The Hall–Kier alpha value is -4.26. The molecule has 4 aromatic rings. The van der Waals surface area contributed by atoms with Gasteiger partial charge < -0.3 is 24.5 Å². The van der Waals surface area contributed by atoms with Crippen molar-refractivity contribution in [2.24, 2.45) is 0 Å². The summed E-state index contributed by atoms with van der Waals surface area (Å²) in [4.78, 5) is 25.7. The zero-order chi connectivity index (χ0) is 24.2. The molecule has 0 aliphatic heterocycles. The molecule has 2 N–H and O–H groups in total. The highest BCUT2D eigenvalue weighted by molar-refractivity contribution is 6.08. The van der Waals surface area contributed by atoms with Gasteiger partial charge in [-0.2, -0.15) is 0 Å². The molecule has 4 rings (SSSR count). The lowest BCUT2D eigenvalue weighted by atomic mass is 10.1. The van der Waals surface area contributed by atoms with Crippen molar-refractivity contribution in [3.8, 4) is 11.5 Å². The van der Waals surface area contributed by atoms with Crippen molar-refractivity contribution >= 4 is 34.2 Å². The van der Waals surface area contributed by atoms with Crippen LogP contribution >= 0.6 is 0 Å². The Balaban J connectivity index is 1.63. The molecule has 0 unspecified atom stereocenters. The summed E-state index contributed by atoms with van der Waals surface area (Å²) in [6.45, 7) is 3.94. The predicted molar refractivity (Wildman–Crippen MR) is 132 cm³/mol. The third-order valence-corrected chi connectivity index (χ3v) is 5.67. The molecule has 0 atom stereocenters. The third kappa shape index (κ3) is 4.45. The molecule has 0 radical (unpaired) electrons. The molecule has 3 aromatic carbocycles. The number of aryl methyl sites for hydroxylation is 2. The van der Waals surface area contributed by atoms with Gasteiger partial charge in [0.25, 0.3) is 11.8 Å². The molecule has 0 saturated heterocycles. The number of anilines is 2. The van der Waals surface area contributed by atoms with Crippen LogP contribution in [-0.4, -0.2) is 26.0 Å². The number of rotatable bonds is 7. The van der Waals surface area contributed by atoms with Gasteiger partial charge in [0.2, 0.25) is 0 Å². The highest BCUT2D eigenvalue weighted by Gasteiger charge is 2.21. The summed E-state index contributed by atoms with van der Waals surface area (Å²) in [5.41, 5.74) is 3.90. The zero-order valence-electron chi connectivity index (χ0n) is 19.5. The molecule has 34 heavy (non-hydrogen) atoms. The van der Waals surface area contributed by atoms with Crippen LogP contribution in [0.3, 0.4) is 0 Å². The molecule has 2 amide bonds. The van der Waals surface area contributed by atoms with E-state index in [4.69, 9.17) is 13.9 Å². The number of methoxy groups -OCH3 is 2. The van der Waals surface area contributed by atoms with Crippen LogP contribution in [0.1, 0.15) is 39.0 Å². The van der Waals surface area contributed by atoms with Gasteiger partial charge >= 0.3 is 0 Å². The molecule has 0 spiro atoms. The Morgan fingerprint density at radius 3 is 2.06 bits per heavy atom. The molecular formula is C27H26N2O5. The highest BCUT2D eigenvalue weighted by Crippen LogP contribution is 2.37. The van der Waals surface area contributed by atoms with Gasteiger partial charge in [-0.05, 0) is 43.2 Å². The van der Waals surface area contributed by atoms with E-state index in [1.807, 2.05) is 31.2 Å². The van der Waals surface area contributed by atoms with Crippen LogP contribution in [0, 0.1) is 6.92 Å². The van der Waals surface area contributed by atoms with Crippen molar-refractivity contribution in [2.45, 2.75) is 20.3 Å². The fourth-order valence-electron chi connectivity index (χ4n) is 3.76. The first kappa shape index (κ1) is 22.9. The molecule has 1 aromatic heterocycles. The molecule has 0 aliphatic carbocycles. The molecule has 7 heteroatoms.